The third-order valence-corrected chi connectivity index (χ3v) is 3.41. The summed E-state index contributed by atoms with van der Waals surface area (Å²) >= 11 is 0. The van der Waals surface area contributed by atoms with Gasteiger partial charge in [-0.15, -0.1) is 0 Å². The number of para-hydroxylation sites is 1. The summed E-state index contributed by atoms with van der Waals surface area (Å²) in [5.41, 5.74) is 3.74. The summed E-state index contributed by atoms with van der Waals surface area (Å²) in [6.45, 7) is 9.28. The van der Waals surface area contributed by atoms with Crippen LogP contribution >= 0.6 is 0 Å². The van der Waals surface area contributed by atoms with Crippen LogP contribution in [0.5, 0.6) is 5.75 Å². The van der Waals surface area contributed by atoms with Crippen LogP contribution in [-0.2, 0) is 0 Å². The van der Waals surface area contributed by atoms with Crippen LogP contribution in [0.3, 0.4) is 0 Å². The molecule has 0 aliphatic rings. The van der Waals surface area contributed by atoms with Crippen LogP contribution < -0.4 is 10.1 Å². The SMILES string of the molecule is CCNC(c1ccc(C)cc1)c1ccccc1OC(C)C. The van der Waals surface area contributed by atoms with Crippen molar-refractivity contribution in [3.63, 3.8) is 0 Å². The van der Waals surface area contributed by atoms with E-state index in [1.54, 1.807) is 0 Å². The first-order valence-corrected chi connectivity index (χ1v) is 7.67. The normalized spacial score (nSPS) is 12.4. The summed E-state index contributed by atoms with van der Waals surface area (Å²) in [6, 6.07) is 17.1. The molecule has 2 heteroatoms. The molecular formula is C19H25NO. The van der Waals surface area contributed by atoms with Gasteiger partial charge in [0, 0.05) is 5.56 Å². The van der Waals surface area contributed by atoms with Crippen molar-refractivity contribution >= 4 is 0 Å². The fraction of sp³-hybridized carbons (Fsp3) is 0.368. The number of hydrogen-bond acceptors (Lipinski definition) is 2. The summed E-state index contributed by atoms with van der Waals surface area (Å²) in [4.78, 5) is 0. The lowest BCUT2D eigenvalue weighted by molar-refractivity contribution is 0.238. The summed E-state index contributed by atoms with van der Waals surface area (Å²) in [5, 5.41) is 3.57. The van der Waals surface area contributed by atoms with E-state index in [-0.39, 0.29) is 12.1 Å². The van der Waals surface area contributed by atoms with E-state index < -0.39 is 0 Å². The van der Waals surface area contributed by atoms with E-state index in [0.717, 1.165) is 12.3 Å². The topological polar surface area (TPSA) is 21.3 Å². The quantitative estimate of drug-likeness (QED) is 0.844. The maximum Gasteiger partial charge on any atom is 0.124 e. The molecule has 0 radical (unpaired) electrons. The molecule has 0 bridgehead atoms. The Morgan fingerprint density at radius 1 is 1.00 bits per heavy atom. The summed E-state index contributed by atoms with van der Waals surface area (Å²) < 4.78 is 5.98. The van der Waals surface area contributed by atoms with Crippen molar-refractivity contribution in [3.05, 3.63) is 65.2 Å². The molecule has 1 atom stereocenters. The molecular weight excluding hydrogens is 258 g/mol. The van der Waals surface area contributed by atoms with Crippen LogP contribution in [0.1, 0.15) is 43.5 Å². The molecule has 1 N–H and O–H groups in total. The molecule has 0 saturated carbocycles. The second-order valence-electron chi connectivity index (χ2n) is 5.61. The largest absolute Gasteiger partial charge is 0.491 e. The van der Waals surface area contributed by atoms with Gasteiger partial charge in [-0.3, -0.25) is 0 Å². The van der Waals surface area contributed by atoms with E-state index in [2.05, 4.69) is 69.4 Å². The maximum atomic E-state index is 5.98. The van der Waals surface area contributed by atoms with Crippen molar-refractivity contribution < 1.29 is 4.74 Å². The molecule has 0 aliphatic carbocycles. The van der Waals surface area contributed by atoms with Crippen LogP contribution in [0.15, 0.2) is 48.5 Å². The van der Waals surface area contributed by atoms with Gasteiger partial charge >= 0.3 is 0 Å². The van der Waals surface area contributed by atoms with Gasteiger partial charge in [0.25, 0.3) is 0 Å². The van der Waals surface area contributed by atoms with Crippen molar-refractivity contribution in [2.45, 2.75) is 39.8 Å². The van der Waals surface area contributed by atoms with Crippen molar-refractivity contribution in [1.82, 2.24) is 5.32 Å². The highest BCUT2D eigenvalue weighted by Crippen LogP contribution is 2.30. The number of nitrogens with one attached hydrogen (secondary N) is 1. The molecule has 0 aliphatic heterocycles. The molecule has 2 nitrogen and oxygen atoms in total. The van der Waals surface area contributed by atoms with Crippen molar-refractivity contribution in [2.75, 3.05) is 6.54 Å². The Labute approximate surface area is 128 Å². The Kier molecular flexibility index (Phi) is 5.40. The van der Waals surface area contributed by atoms with Crippen LogP contribution in [0.25, 0.3) is 0 Å². The first-order chi connectivity index (χ1) is 10.1. The van der Waals surface area contributed by atoms with Gasteiger partial charge in [0.1, 0.15) is 5.75 Å². The first-order valence-electron chi connectivity index (χ1n) is 7.67. The van der Waals surface area contributed by atoms with Crippen LogP contribution in [-0.4, -0.2) is 12.6 Å². The van der Waals surface area contributed by atoms with Crippen molar-refractivity contribution in [2.24, 2.45) is 0 Å². The third-order valence-electron chi connectivity index (χ3n) is 3.41. The van der Waals surface area contributed by atoms with Gasteiger partial charge in [-0.1, -0.05) is 55.0 Å². The number of aryl methyl sites for hydroxylation is 1. The molecule has 2 aromatic rings. The molecule has 2 aromatic carbocycles. The van der Waals surface area contributed by atoms with Crippen LogP contribution in [0.4, 0.5) is 0 Å². The molecule has 0 aromatic heterocycles. The number of rotatable bonds is 6. The van der Waals surface area contributed by atoms with Gasteiger partial charge in [0.2, 0.25) is 0 Å². The minimum Gasteiger partial charge on any atom is -0.491 e. The lowest BCUT2D eigenvalue weighted by atomic mass is 9.97. The lowest BCUT2D eigenvalue weighted by Gasteiger charge is -2.23. The Hall–Kier alpha value is -1.80. The predicted molar refractivity (Wildman–Crippen MR) is 88.9 cm³/mol. The molecule has 2 rings (SSSR count). The van der Waals surface area contributed by atoms with Gasteiger partial charge in [0.15, 0.2) is 0 Å². The lowest BCUT2D eigenvalue weighted by Crippen LogP contribution is -2.23. The van der Waals surface area contributed by atoms with E-state index in [4.69, 9.17) is 4.74 Å². The number of hydrogen-bond donors (Lipinski definition) is 1. The molecule has 112 valence electrons. The molecule has 1 unspecified atom stereocenters. The van der Waals surface area contributed by atoms with Crippen LogP contribution in [0, 0.1) is 6.92 Å². The van der Waals surface area contributed by atoms with Gasteiger partial charge in [0.05, 0.1) is 12.1 Å². The standard InChI is InChI=1S/C19H25NO/c1-5-20-19(16-12-10-15(4)11-13-16)17-8-6-7-9-18(17)21-14(2)3/h6-14,19-20H,5H2,1-4H3. The number of benzene rings is 2. The second kappa shape index (κ2) is 7.28. The fourth-order valence-electron chi connectivity index (χ4n) is 2.45. The van der Waals surface area contributed by atoms with Gasteiger partial charge in [-0.2, -0.15) is 0 Å². The molecule has 21 heavy (non-hydrogen) atoms. The summed E-state index contributed by atoms with van der Waals surface area (Å²) in [5.74, 6) is 0.957. The zero-order valence-corrected chi connectivity index (χ0v) is 13.4. The van der Waals surface area contributed by atoms with Crippen LogP contribution in [0.2, 0.25) is 0 Å². The van der Waals surface area contributed by atoms with Gasteiger partial charge < -0.3 is 10.1 Å². The monoisotopic (exact) mass is 283 g/mol. The second-order valence-corrected chi connectivity index (χ2v) is 5.61. The molecule has 0 spiro atoms. The van der Waals surface area contributed by atoms with Gasteiger partial charge in [-0.05, 0) is 38.9 Å². The minimum atomic E-state index is 0.158. The van der Waals surface area contributed by atoms with Crippen molar-refractivity contribution in [1.29, 1.82) is 0 Å². The highest BCUT2D eigenvalue weighted by Gasteiger charge is 2.17. The van der Waals surface area contributed by atoms with E-state index in [1.807, 2.05) is 12.1 Å². The average molecular weight is 283 g/mol. The minimum absolute atomic E-state index is 0.158. The molecule has 0 heterocycles. The van der Waals surface area contributed by atoms with E-state index >= 15 is 0 Å². The zero-order valence-electron chi connectivity index (χ0n) is 13.4. The highest BCUT2D eigenvalue weighted by molar-refractivity contribution is 5.42. The highest BCUT2D eigenvalue weighted by atomic mass is 16.5. The summed E-state index contributed by atoms with van der Waals surface area (Å²) in [7, 11) is 0. The Bertz CT molecular complexity index is 560. The zero-order chi connectivity index (χ0) is 15.2. The maximum absolute atomic E-state index is 5.98. The fourth-order valence-corrected chi connectivity index (χ4v) is 2.45. The summed E-state index contributed by atoms with van der Waals surface area (Å²) in [6.07, 6.45) is 0.173. The average Bonchev–Trinajstić information content (AvgIpc) is 2.46. The Morgan fingerprint density at radius 2 is 1.67 bits per heavy atom. The van der Waals surface area contributed by atoms with E-state index in [0.29, 0.717) is 0 Å². The molecule has 0 amide bonds. The molecule has 0 fully saturated rings. The Morgan fingerprint density at radius 3 is 2.29 bits per heavy atom. The van der Waals surface area contributed by atoms with E-state index in [1.165, 1.54) is 16.7 Å². The smallest absolute Gasteiger partial charge is 0.124 e. The van der Waals surface area contributed by atoms with Gasteiger partial charge in [-0.25, -0.2) is 0 Å². The third kappa shape index (κ3) is 4.08. The first kappa shape index (κ1) is 15.6. The number of ether oxygens (including phenoxy) is 1. The van der Waals surface area contributed by atoms with E-state index in [9.17, 15) is 0 Å². The molecule has 0 saturated heterocycles. The van der Waals surface area contributed by atoms with Crippen molar-refractivity contribution in [3.8, 4) is 5.75 Å². The predicted octanol–water partition coefficient (Wildman–Crippen LogP) is 4.48. The Balaban J connectivity index is 2.40.